The lowest BCUT2D eigenvalue weighted by molar-refractivity contribution is -0.118. The molecule has 1 heterocycles. The van der Waals surface area contributed by atoms with Crippen LogP contribution in [0.4, 0.5) is 5.69 Å². The fourth-order valence-corrected chi connectivity index (χ4v) is 1.49. The van der Waals surface area contributed by atoms with Crippen molar-refractivity contribution >= 4 is 11.6 Å². The van der Waals surface area contributed by atoms with Crippen molar-refractivity contribution in [2.75, 3.05) is 11.9 Å². The molecule has 0 aliphatic carbocycles. The molecule has 2 rings (SSSR count). The molecule has 0 aliphatic heterocycles. The molecular formula is C14H14N2O3. The predicted molar refractivity (Wildman–Crippen MR) is 72.4 cm³/mol. The Bertz CT molecular complexity index is 617. The van der Waals surface area contributed by atoms with Gasteiger partial charge in [-0.15, -0.1) is 0 Å². The van der Waals surface area contributed by atoms with Gasteiger partial charge in [0.25, 0.3) is 11.5 Å². The van der Waals surface area contributed by atoms with Crippen molar-refractivity contribution in [2.45, 2.75) is 6.92 Å². The highest BCUT2D eigenvalue weighted by atomic mass is 16.5. The Hall–Kier alpha value is -2.56. The zero-order valence-corrected chi connectivity index (χ0v) is 10.5. The van der Waals surface area contributed by atoms with Gasteiger partial charge in [0, 0.05) is 6.20 Å². The molecule has 19 heavy (non-hydrogen) atoms. The quantitative estimate of drug-likeness (QED) is 0.876. The summed E-state index contributed by atoms with van der Waals surface area (Å²) >= 11 is 0. The van der Waals surface area contributed by atoms with Crippen molar-refractivity contribution in [3.05, 3.63) is 58.5 Å². The molecule has 5 heteroatoms. The zero-order chi connectivity index (χ0) is 13.7. The lowest BCUT2D eigenvalue weighted by atomic mass is 10.2. The summed E-state index contributed by atoms with van der Waals surface area (Å²) in [5.74, 6) is 0.236. The molecule has 0 radical (unpaired) electrons. The molecule has 98 valence electrons. The van der Waals surface area contributed by atoms with E-state index >= 15 is 0 Å². The third-order valence-electron chi connectivity index (χ3n) is 2.48. The van der Waals surface area contributed by atoms with Gasteiger partial charge < -0.3 is 15.0 Å². The summed E-state index contributed by atoms with van der Waals surface area (Å²) in [5.41, 5.74) is 0.985. The first-order valence-corrected chi connectivity index (χ1v) is 5.82. The number of hydrogen-bond acceptors (Lipinski definition) is 3. The van der Waals surface area contributed by atoms with Gasteiger partial charge in [0.1, 0.15) is 11.4 Å². The topological polar surface area (TPSA) is 71.2 Å². The van der Waals surface area contributed by atoms with Crippen LogP contribution in [0.2, 0.25) is 0 Å². The van der Waals surface area contributed by atoms with Crippen LogP contribution in [0, 0.1) is 6.92 Å². The van der Waals surface area contributed by atoms with E-state index in [9.17, 15) is 9.59 Å². The molecule has 2 N–H and O–H groups in total. The minimum atomic E-state index is -0.378. The number of rotatable bonds is 4. The molecule has 5 nitrogen and oxygen atoms in total. The number of carbonyl (C=O) groups is 1. The van der Waals surface area contributed by atoms with E-state index < -0.39 is 0 Å². The Balaban J connectivity index is 1.90. The van der Waals surface area contributed by atoms with Crippen LogP contribution in [-0.4, -0.2) is 17.5 Å². The first-order valence-electron chi connectivity index (χ1n) is 5.82. The monoisotopic (exact) mass is 258 g/mol. The Morgan fingerprint density at radius 1 is 1.26 bits per heavy atom. The lowest BCUT2D eigenvalue weighted by Crippen LogP contribution is -2.24. The number of nitrogens with one attached hydrogen (secondary N) is 2. The van der Waals surface area contributed by atoms with Crippen molar-refractivity contribution in [2.24, 2.45) is 0 Å². The SMILES string of the molecule is Cc1ccc(OCC(=O)Nc2ccc[nH]c2=O)cc1. The summed E-state index contributed by atoms with van der Waals surface area (Å²) < 4.78 is 5.31. The van der Waals surface area contributed by atoms with Gasteiger partial charge in [0.05, 0.1) is 0 Å². The maximum Gasteiger partial charge on any atom is 0.271 e. The molecule has 1 amide bonds. The summed E-state index contributed by atoms with van der Waals surface area (Å²) in [6.07, 6.45) is 1.50. The van der Waals surface area contributed by atoms with E-state index in [1.807, 2.05) is 19.1 Å². The zero-order valence-electron chi connectivity index (χ0n) is 10.5. The molecule has 0 spiro atoms. The molecule has 0 bridgehead atoms. The van der Waals surface area contributed by atoms with Crippen LogP contribution >= 0.6 is 0 Å². The van der Waals surface area contributed by atoms with Gasteiger partial charge in [-0.2, -0.15) is 0 Å². The summed E-state index contributed by atoms with van der Waals surface area (Å²) in [5, 5.41) is 2.48. The number of pyridine rings is 1. The fraction of sp³-hybridized carbons (Fsp3) is 0.143. The number of hydrogen-bond donors (Lipinski definition) is 2. The van der Waals surface area contributed by atoms with E-state index in [-0.39, 0.29) is 23.8 Å². The number of aromatic amines is 1. The summed E-state index contributed by atoms with van der Waals surface area (Å²) in [7, 11) is 0. The standard InChI is InChI=1S/C14H14N2O3/c1-10-4-6-11(7-5-10)19-9-13(17)16-12-3-2-8-15-14(12)18/h2-8H,9H2,1H3,(H,15,18)(H,16,17). The third-order valence-corrected chi connectivity index (χ3v) is 2.48. The van der Waals surface area contributed by atoms with Gasteiger partial charge in [0.15, 0.2) is 6.61 Å². The largest absolute Gasteiger partial charge is 0.484 e. The fourth-order valence-electron chi connectivity index (χ4n) is 1.49. The van der Waals surface area contributed by atoms with E-state index in [4.69, 9.17) is 4.74 Å². The van der Waals surface area contributed by atoms with Crippen molar-refractivity contribution in [3.8, 4) is 5.75 Å². The minimum absolute atomic E-state index is 0.141. The van der Waals surface area contributed by atoms with Gasteiger partial charge in [-0.3, -0.25) is 9.59 Å². The second-order valence-electron chi connectivity index (χ2n) is 4.06. The van der Waals surface area contributed by atoms with Crippen molar-refractivity contribution < 1.29 is 9.53 Å². The van der Waals surface area contributed by atoms with Gasteiger partial charge in [-0.25, -0.2) is 0 Å². The van der Waals surface area contributed by atoms with Gasteiger partial charge in [0.2, 0.25) is 0 Å². The Morgan fingerprint density at radius 2 is 2.00 bits per heavy atom. The van der Waals surface area contributed by atoms with Gasteiger partial charge in [-0.05, 0) is 31.2 Å². The highest BCUT2D eigenvalue weighted by Gasteiger charge is 2.05. The Kier molecular flexibility index (Phi) is 3.97. The van der Waals surface area contributed by atoms with Crippen LogP contribution in [0.1, 0.15) is 5.56 Å². The molecule has 0 fully saturated rings. The maximum absolute atomic E-state index is 11.6. The number of carbonyl (C=O) groups excluding carboxylic acids is 1. The number of amides is 1. The van der Waals surface area contributed by atoms with Crippen molar-refractivity contribution in [1.29, 1.82) is 0 Å². The predicted octanol–water partition coefficient (Wildman–Crippen LogP) is 1.70. The molecule has 2 aromatic rings. The number of anilines is 1. The van der Waals surface area contributed by atoms with E-state index in [1.54, 1.807) is 18.2 Å². The number of benzene rings is 1. The first-order chi connectivity index (χ1) is 9.15. The summed E-state index contributed by atoms with van der Waals surface area (Å²) in [6.45, 7) is 1.83. The molecule has 0 aliphatic rings. The van der Waals surface area contributed by atoms with Crippen molar-refractivity contribution in [3.63, 3.8) is 0 Å². The van der Waals surface area contributed by atoms with Crippen LogP contribution in [0.15, 0.2) is 47.4 Å². The average molecular weight is 258 g/mol. The van der Waals surface area contributed by atoms with Crippen LogP contribution in [0.5, 0.6) is 5.75 Å². The van der Waals surface area contributed by atoms with E-state index in [0.29, 0.717) is 5.75 Å². The molecule has 0 unspecified atom stereocenters. The summed E-state index contributed by atoms with van der Waals surface area (Å²) in [6, 6.07) is 10.5. The van der Waals surface area contributed by atoms with E-state index in [1.165, 1.54) is 12.3 Å². The van der Waals surface area contributed by atoms with Crippen LogP contribution < -0.4 is 15.6 Å². The van der Waals surface area contributed by atoms with Gasteiger partial charge in [-0.1, -0.05) is 17.7 Å². The number of ether oxygens (including phenoxy) is 1. The van der Waals surface area contributed by atoms with Crippen LogP contribution in [0.25, 0.3) is 0 Å². The molecule has 1 aromatic carbocycles. The molecular weight excluding hydrogens is 244 g/mol. The van der Waals surface area contributed by atoms with E-state index in [0.717, 1.165) is 5.56 Å². The second kappa shape index (κ2) is 5.86. The average Bonchev–Trinajstić information content (AvgIpc) is 2.41. The smallest absolute Gasteiger partial charge is 0.271 e. The first kappa shape index (κ1) is 12.9. The molecule has 0 saturated carbocycles. The molecule has 0 atom stereocenters. The Labute approximate surface area is 110 Å². The maximum atomic E-state index is 11.6. The molecule has 1 aromatic heterocycles. The normalized spacial score (nSPS) is 9.95. The minimum Gasteiger partial charge on any atom is -0.484 e. The van der Waals surface area contributed by atoms with Crippen LogP contribution in [-0.2, 0) is 4.79 Å². The highest BCUT2D eigenvalue weighted by Crippen LogP contribution is 2.11. The number of aryl methyl sites for hydroxylation is 1. The Morgan fingerprint density at radius 3 is 2.68 bits per heavy atom. The molecule has 0 saturated heterocycles. The summed E-state index contributed by atoms with van der Waals surface area (Å²) in [4.78, 5) is 25.4. The third kappa shape index (κ3) is 3.70. The van der Waals surface area contributed by atoms with Crippen molar-refractivity contribution in [1.82, 2.24) is 4.98 Å². The van der Waals surface area contributed by atoms with E-state index in [2.05, 4.69) is 10.3 Å². The van der Waals surface area contributed by atoms with Crippen LogP contribution in [0.3, 0.4) is 0 Å². The highest BCUT2D eigenvalue weighted by molar-refractivity contribution is 5.91. The lowest BCUT2D eigenvalue weighted by Gasteiger charge is -2.07. The second-order valence-corrected chi connectivity index (χ2v) is 4.06. The number of H-pyrrole nitrogens is 1. The van der Waals surface area contributed by atoms with Gasteiger partial charge >= 0.3 is 0 Å². The number of aromatic nitrogens is 1.